The molecule has 29 heavy (non-hydrogen) atoms. The molecule has 3 heterocycles. The molecule has 0 bridgehead atoms. The van der Waals surface area contributed by atoms with Crippen molar-refractivity contribution in [3.05, 3.63) is 76.3 Å². The Kier molecular flexibility index (Phi) is 4.46. The fraction of sp³-hybridized carbons (Fsp3) is 0.136. The van der Waals surface area contributed by atoms with Crippen LogP contribution < -0.4 is 11.1 Å². The minimum Gasteiger partial charge on any atom is -0.370 e. The maximum atomic E-state index is 11.8. The van der Waals surface area contributed by atoms with Crippen LogP contribution in [0.15, 0.2) is 53.9 Å². The second kappa shape index (κ2) is 7.27. The SMILES string of the molecule is NC(=O)c1cccc2c(-c3nc4c(c(NCc5ccccc5)n3)COC4)scc12. The minimum atomic E-state index is -0.437. The monoisotopic (exact) mass is 402 g/mol. The van der Waals surface area contributed by atoms with Crippen molar-refractivity contribution in [2.75, 3.05) is 5.32 Å². The highest BCUT2D eigenvalue weighted by atomic mass is 32.1. The molecule has 6 nitrogen and oxygen atoms in total. The van der Waals surface area contributed by atoms with Crippen LogP contribution in [0, 0.1) is 0 Å². The summed E-state index contributed by atoms with van der Waals surface area (Å²) in [5.74, 6) is 0.985. The van der Waals surface area contributed by atoms with Gasteiger partial charge in [0.05, 0.1) is 23.8 Å². The minimum absolute atomic E-state index is 0.437. The Labute approximate surface area is 171 Å². The number of nitrogens with zero attached hydrogens (tertiary/aromatic N) is 2. The number of ether oxygens (including phenoxy) is 1. The quantitative estimate of drug-likeness (QED) is 0.525. The number of hydrogen-bond donors (Lipinski definition) is 2. The molecule has 7 heteroatoms. The predicted molar refractivity (Wildman–Crippen MR) is 114 cm³/mol. The molecular formula is C22H18N4O2S. The zero-order valence-corrected chi connectivity index (χ0v) is 16.3. The number of benzene rings is 2. The molecule has 4 aromatic rings. The van der Waals surface area contributed by atoms with Crippen LogP contribution in [0.25, 0.3) is 21.5 Å². The van der Waals surface area contributed by atoms with Gasteiger partial charge in [0.1, 0.15) is 5.82 Å². The standard InChI is InChI=1S/C22H18N4O2S/c23-20(27)15-8-4-7-14-17(15)12-29-19(14)22-25-18-11-28-10-16(18)21(26-22)24-9-13-5-2-1-3-6-13/h1-8,12H,9-11H2,(H2,23,27)(H,24,25,26). The van der Waals surface area contributed by atoms with Crippen molar-refractivity contribution in [2.24, 2.45) is 5.73 Å². The summed E-state index contributed by atoms with van der Waals surface area (Å²) >= 11 is 1.51. The van der Waals surface area contributed by atoms with E-state index in [1.165, 1.54) is 16.9 Å². The van der Waals surface area contributed by atoms with Gasteiger partial charge in [-0.2, -0.15) is 0 Å². The number of thiophene rings is 1. The zero-order valence-electron chi connectivity index (χ0n) is 15.5. The van der Waals surface area contributed by atoms with Crippen molar-refractivity contribution < 1.29 is 9.53 Å². The molecule has 1 aliphatic rings. The molecule has 1 aliphatic heterocycles. The number of primary amides is 1. The average molecular weight is 402 g/mol. The number of rotatable bonds is 5. The number of hydrogen-bond acceptors (Lipinski definition) is 6. The van der Waals surface area contributed by atoms with E-state index in [2.05, 4.69) is 17.4 Å². The predicted octanol–water partition coefficient (Wildman–Crippen LogP) is 4.10. The highest BCUT2D eigenvalue weighted by molar-refractivity contribution is 7.15. The van der Waals surface area contributed by atoms with Gasteiger partial charge >= 0.3 is 0 Å². The summed E-state index contributed by atoms with van der Waals surface area (Å²) in [6.45, 7) is 1.64. The van der Waals surface area contributed by atoms with E-state index < -0.39 is 5.91 Å². The summed E-state index contributed by atoms with van der Waals surface area (Å²) in [4.78, 5) is 22.2. The molecule has 0 aliphatic carbocycles. The molecule has 0 saturated carbocycles. The zero-order chi connectivity index (χ0) is 19.8. The molecule has 2 aromatic heterocycles. The summed E-state index contributed by atoms with van der Waals surface area (Å²) in [7, 11) is 0. The first-order valence-electron chi connectivity index (χ1n) is 9.26. The van der Waals surface area contributed by atoms with E-state index in [0.29, 0.717) is 31.1 Å². The molecule has 144 valence electrons. The molecule has 2 aromatic carbocycles. The van der Waals surface area contributed by atoms with Crippen LogP contribution in [0.1, 0.15) is 27.2 Å². The van der Waals surface area contributed by atoms with Crippen LogP contribution >= 0.6 is 11.3 Å². The summed E-state index contributed by atoms with van der Waals surface area (Å²) in [5, 5.41) is 7.14. The van der Waals surface area contributed by atoms with Gasteiger partial charge < -0.3 is 15.8 Å². The van der Waals surface area contributed by atoms with Crippen molar-refractivity contribution in [1.82, 2.24) is 9.97 Å². The summed E-state index contributed by atoms with van der Waals surface area (Å²) < 4.78 is 5.62. The average Bonchev–Trinajstić information content (AvgIpc) is 3.39. The Morgan fingerprint density at radius 1 is 1.07 bits per heavy atom. The number of amides is 1. The smallest absolute Gasteiger partial charge is 0.249 e. The summed E-state index contributed by atoms with van der Waals surface area (Å²) in [5.41, 5.74) is 9.12. The van der Waals surface area contributed by atoms with Crippen LogP contribution in [-0.4, -0.2) is 15.9 Å². The van der Waals surface area contributed by atoms with Gasteiger partial charge in [0.2, 0.25) is 5.91 Å². The van der Waals surface area contributed by atoms with Gasteiger partial charge in [-0.1, -0.05) is 42.5 Å². The third-order valence-corrected chi connectivity index (χ3v) is 5.99. The molecule has 0 atom stereocenters. The molecule has 1 amide bonds. The van der Waals surface area contributed by atoms with Gasteiger partial charge in [0.25, 0.3) is 0 Å². The fourth-order valence-electron chi connectivity index (χ4n) is 3.54. The number of nitrogens with two attached hydrogens (primary N) is 1. The number of nitrogens with one attached hydrogen (secondary N) is 1. The topological polar surface area (TPSA) is 90.1 Å². The van der Waals surface area contributed by atoms with Crippen LogP contribution in [0.4, 0.5) is 5.82 Å². The van der Waals surface area contributed by atoms with Crippen LogP contribution in [-0.2, 0) is 24.5 Å². The molecule has 3 N–H and O–H groups in total. The molecular weight excluding hydrogens is 384 g/mol. The Bertz CT molecular complexity index is 1220. The molecule has 5 rings (SSSR count). The Balaban J connectivity index is 1.57. The van der Waals surface area contributed by atoms with E-state index in [9.17, 15) is 4.79 Å². The molecule has 0 fully saturated rings. The van der Waals surface area contributed by atoms with E-state index in [4.69, 9.17) is 20.4 Å². The van der Waals surface area contributed by atoms with Crippen LogP contribution in [0.3, 0.4) is 0 Å². The van der Waals surface area contributed by atoms with Crippen molar-refractivity contribution in [2.45, 2.75) is 19.8 Å². The van der Waals surface area contributed by atoms with Gasteiger partial charge in [-0.3, -0.25) is 4.79 Å². The maximum Gasteiger partial charge on any atom is 0.249 e. The van der Waals surface area contributed by atoms with Crippen molar-refractivity contribution in [3.8, 4) is 10.7 Å². The Morgan fingerprint density at radius 3 is 2.76 bits per heavy atom. The maximum absolute atomic E-state index is 11.8. The third kappa shape index (κ3) is 3.24. The van der Waals surface area contributed by atoms with E-state index in [0.717, 1.165) is 32.7 Å². The van der Waals surface area contributed by atoms with Crippen molar-refractivity contribution in [1.29, 1.82) is 0 Å². The molecule has 0 spiro atoms. The van der Waals surface area contributed by atoms with E-state index in [-0.39, 0.29) is 0 Å². The van der Waals surface area contributed by atoms with Crippen molar-refractivity contribution >= 4 is 33.8 Å². The van der Waals surface area contributed by atoms with Crippen LogP contribution in [0.2, 0.25) is 0 Å². The third-order valence-electron chi connectivity index (χ3n) is 4.99. The van der Waals surface area contributed by atoms with Gasteiger partial charge in [-0.15, -0.1) is 11.3 Å². The number of fused-ring (bicyclic) bond motifs is 2. The highest BCUT2D eigenvalue weighted by Gasteiger charge is 2.22. The lowest BCUT2D eigenvalue weighted by Gasteiger charge is -2.11. The highest BCUT2D eigenvalue weighted by Crippen LogP contribution is 2.37. The second-order valence-corrected chi connectivity index (χ2v) is 7.73. The number of anilines is 1. The molecule has 0 saturated heterocycles. The number of carbonyl (C=O) groups excluding carboxylic acids is 1. The molecule has 0 unspecified atom stereocenters. The van der Waals surface area contributed by atoms with Crippen molar-refractivity contribution in [3.63, 3.8) is 0 Å². The van der Waals surface area contributed by atoms with E-state index in [1.54, 1.807) is 6.07 Å². The Hall–Kier alpha value is -3.29. The first-order valence-corrected chi connectivity index (χ1v) is 10.1. The van der Waals surface area contributed by atoms with Crippen LogP contribution in [0.5, 0.6) is 0 Å². The van der Waals surface area contributed by atoms with E-state index >= 15 is 0 Å². The van der Waals surface area contributed by atoms with Gasteiger partial charge in [0.15, 0.2) is 5.82 Å². The van der Waals surface area contributed by atoms with Gasteiger partial charge in [0, 0.05) is 33.8 Å². The van der Waals surface area contributed by atoms with E-state index in [1.807, 2.05) is 35.7 Å². The first kappa shape index (κ1) is 17.8. The Morgan fingerprint density at radius 2 is 1.93 bits per heavy atom. The normalized spacial score (nSPS) is 12.8. The summed E-state index contributed by atoms with van der Waals surface area (Å²) in [6.07, 6.45) is 0. The number of carbonyl (C=O) groups is 1. The largest absolute Gasteiger partial charge is 0.370 e. The summed E-state index contributed by atoms with van der Waals surface area (Å²) in [6, 6.07) is 15.7. The van der Waals surface area contributed by atoms with Gasteiger partial charge in [-0.05, 0) is 11.6 Å². The lowest BCUT2D eigenvalue weighted by molar-refractivity contribution is 0.100. The number of aromatic nitrogens is 2. The lowest BCUT2D eigenvalue weighted by Crippen LogP contribution is -2.10. The molecule has 0 radical (unpaired) electrons. The van der Waals surface area contributed by atoms with Gasteiger partial charge in [-0.25, -0.2) is 9.97 Å². The lowest BCUT2D eigenvalue weighted by atomic mass is 10.1. The first-order chi connectivity index (χ1) is 14.2. The fourth-order valence-corrected chi connectivity index (χ4v) is 4.53. The second-order valence-electron chi connectivity index (χ2n) is 6.85.